The average Bonchev–Trinajstić information content (AvgIpc) is 3.21. The van der Waals surface area contributed by atoms with Crippen molar-refractivity contribution in [2.24, 2.45) is 5.92 Å². The van der Waals surface area contributed by atoms with E-state index in [1.807, 2.05) is 24.0 Å². The minimum Gasteiger partial charge on any atom is -0.391 e. The third-order valence-corrected chi connectivity index (χ3v) is 6.02. The van der Waals surface area contributed by atoms with Crippen LogP contribution in [0.2, 0.25) is 0 Å². The molecule has 5 heteroatoms. The molecule has 1 fully saturated rings. The zero-order chi connectivity index (χ0) is 19.8. The second-order valence-electron chi connectivity index (χ2n) is 8.04. The smallest absolute Gasteiger partial charge is 0.227 e. The van der Waals surface area contributed by atoms with Gasteiger partial charge in [-0.1, -0.05) is 12.1 Å². The van der Waals surface area contributed by atoms with Gasteiger partial charge >= 0.3 is 0 Å². The molecule has 28 heavy (non-hydrogen) atoms. The summed E-state index contributed by atoms with van der Waals surface area (Å²) in [6.07, 6.45) is 4.18. The molecule has 1 aliphatic rings. The molecule has 146 valence electrons. The van der Waals surface area contributed by atoms with Crippen LogP contribution in [0.25, 0.3) is 10.9 Å². The molecule has 0 aliphatic carbocycles. The number of benzene rings is 1. The maximum atomic E-state index is 13.0. The Kier molecular flexibility index (Phi) is 4.94. The van der Waals surface area contributed by atoms with Gasteiger partial charge < -0.3 is 15.0 Å². The number of aliphatic hydroxyl groups is 1. The highest BCUT2D eigenvalue weighted by molar-refractivity contribution is 5.94. The third-order valence-electron chi connectivity index (χ3n) is 6.02. The standard InChI is InChI=1S/C23H27N3O2/c1-14-4-5-15(2)23-22(14)19(16(3)25-23)11-21(28)26-12-18(20(27)13-26)10-17-6-8-24-9-7-17/h4-9,18,20,25,27H,10-13H2,1-3H3/t18-,20-/m1/s1. The number of β-amino-alcohol motifs (C(OH)–C–C–N with tert-alkyl or cyclic N) is 1. The number of hydrogen-bond acceptors (Lipinski definition) is 3. The number of aliphatic hydroxyl groups excluding tert-OH is 1. The molecule has 0 radical (unpaired) electrons. The quantitative estimate of drug-likeness (QED) is 0.734. The summed E-state index contributed by atoms with van der Waals surface area (Å²) in [4.78, 5) is 22.4. The number of hydrogen-bond donors (Lipinski definition) is 2. The first-order valence-electron chi connectivity index (χ1n) is 9.86. The van der Waals surface area contributed by atoms with Gasteiger partial charge in [-0.05, 0) is 61.6 Å². The zero-order valence-electron chi connectivity index (χ0n) is 16.7. The Bertz CT molecular complexity index is 1010. The number of nitrogens with one attached hydrogen (secondary N) is 1. The molecule has 5 nitrogen and oxygen atoms in total. The summed E-state index contributed by atoms with van der Waals surface area (Å²) in [5.41, 5.74) is 6.77. The van der Waals surface area contributed by atoms with Crippen molar-refractivity contribution in [2.45, 2.75) is 39.7 Å². The fraction of sp³-hybridized carbons (Fsp3) is 0.391. The second-order valence-corrected chi connectivity index (χ2v) is 8.04. The van der Waals surface area contributed by atoms with Crippen molar-refractivity contribution in [1.29, 1.82) is 0 Å². The summed E-state index contributed by atoms with van der Waals surface area (Å²) in [7, 11) is 0. The normalized spacial score (nSPS) is 19.5. The van der Waals surface area contributed by atoms with Crippen LogP contribution in [0.1, 0.15) is 27.9 Å². The first kappa shape index (κ1) is 18.7. The summed E-state index contributed by atoms with van der Waals surface area (Å²) in [5.74, 6) is 0.153. The van der Waals surface area contributed by atoms with E-state index < -0.39 is 6.10 Å². The van der Waals surface area contributed by atoms with Crippen molar-refractivity contribution in [3.05, 3.63) is 64.6 Å². The molecule has 0 bridgehead atoms. The number of pyridine rings is 1. The fourth-order valence-electron chi connectivity index (χ4n) is 4.38. The van der Waals surface area contributed by atoms with Crippen LogP contribution in [0.4, 0.5) is 0 Å². The van der Waals surface area contributed by atoms with E-state index in [1.165, 1.54) is 16.5 Å². The Morgan fingerprint density at radius 1 is 1.14 bits per heavy atom. The van der Waals surface area contributed by atoms with E-state index in [0.29, 0.717) is 19.5 Å². The van der Waals surface area contributed by atoms with Gasteiger partial charge in [-0.25, -0.2) is 0 Å². The van der Waals surface area contributed by atoms with Gasteiger partial charge in [0.15, 0.2) is 0 Å². The predicted molar refractivity (Wildman–Crippen MR) is 110 cm³/mol. The fourth-order valence-corrected chi connectivity index (χ4v) is 4.38. The highest BCUT2D eigenvalue weighted by atomic mass is 16.3. The SMILES string of the molecule is Cc1[nH]c2c(C)ccc(C)c2c1CC(=O)N1C[C@@H](Cc2ccncc2)[C@H](O)C1. The van der Waals surface area contributed by atoms with Crippen molar-refractivity contribution in [2.75, 3.05) is 13.1 Å². The van der Waals surface area contributed by atoms with Gasteiger partial charge in [0.2, 0.25) is 5.91 Å². The van der Waals surface area contributed by atoms with Crippen LogP contribution in [0.5, 0.6) is 0 Å². The molecular weight excluding hydrogens is 350 g/mol. The van der Waals surface area contributed by atoms with Crippen molar-refractivity contribution < 1.29 is 9.90 Å². The van der Waals surface area contributed by atoms with Gasteiger partial charge in [0.25, 0.3) is 0 Å². The first-order chi connectivity index (χ1) is 13.4. The topological polar surface area (TPSA) is 69.2 Å². The molecule has 0 spiro atoms. The Labute approximate surface area is 165 Å². The lowest BCUT2D eigenvalue weighted by molar-refractivity contribution is -0.129. The number of carbonyl (C=O) groups is 1. The summed E-state index contributed by atoms with van der Waals surface area (Å²) < 4.78 is 0. The molecule has 4 rings (SSSR count). The molecule has 1 aromatic carbocycles. The van der Waals surface area contributed by atoms with Crippen molar-refractivity contribution in [1.82, 2.24) is 14.9 Å². The average molecular weight is 377 g/mol. The number of amides is 1. The molecule has 2 N–H and O–H groups in total. The number of H-pyrrole nitrogens is 1. The van der Waals surface area contributed by atoms with Crippen LogP contribution in [0.3, 0.4) is 0 Å². The number of likely N-dealkylation sites (tertiary alicyclic amines) is 1. The maximum absolute atomic E-state index is 13.0. The lowest BCUT2D eigenvalue weighted by Gasteiger charge is -2.17. The van der Waals surface area contributed by atoms with Gasteiger partial charge in [-0.3, -0.25) is 9.78 Å². The summed E-state index contributed by atoms with van der Waals surface area (Å²) >= 11 is 0. The number of carbonyl (C=O) groups excluding carboxylic acids is 1. The number of fused-ring (bicyclic) bond motifs is 1. The number of nitrogens with zero attached hydrogens (tertiary/aromatic N) is 2. The Hall–Kier alpha value is -2.66. The van der Waals surface area contributed by atoms with Gasteiger partial charge in [0, 0.05) is 48.0 Å². The Morgan fingerprint density at radius 3 is 2.61 bits per heavy atom. The van der Waals surface area contributed by atoms with Crippen molar-refractivity contribution in [3.63, 3.8) is 0 Å². The minimum atomic E-state index is -0.481. The van der Waals surface area contributed by atoms with E-state index in [-0.39, 0.29) is 11.8 Å². The summed E-state index contributed by atoms with van der Waals surface area (Å²) in [6, 6.07) is 8.16. The van der Waals surface area contributed by atoms with Gasteiger partial charge in [0.1, 0.15) is 0 Å². The molecule has 1 amide bonds. The van der Waals surface area contributed by atoms with Gasteiger partial charge in [-0.15, -0.1) is 0 Å². The van der Waals surface area contributed by atoms with E-state index in [2.05, 4.69) is 35.9 Å². The number of aromatic nitrogens is 2. The second kappa shape index (κ2) is 7.40. The van der Waals surface area contributed by atoms with Crippen LogP contribution >= 0.6 is 0 Å². The van der Waals surface area contributed by atoms with E-state index in [0.717, 1.165) is 28.8 Å². The van der Waals surface area contributed by atoms with Crippen molar-refractivity contribution >= 4 is 16.8 Å². The lowest BCUT2D eigenvalue weighted by Crippen LogP contribution is -2.31. The highest BCUT2D eigenvalue weighted by Gasteiger charge is 2.34. The third kappa shape index (κ3) is 3.42. The molecule has 1 aliphatic heterocycles. The largest absolute Gasteiger partial charge is 0.391 e. The van der Waals surface area contributed by atoms with E-state index in [4.69, 9.17) is 0 Å². The number of rotatable bonds is 4. The monoisotopic (exact) mass is 377 g/mol. The molecule has 1 saturated heterocycles. The van der Waals surface area contributed by atoms with Crippen LogP contribution < -0.4 is 0 Å². The number of aryl methyl sites for hydroxylation is 3. The first-order valence-corrected chi connectivity index (χ1v) is 9.86. The van der Waals surface area contributed by atoms with Crippen LogP contribution in [0, 0.1) is 26.7 Å². The molecule has 3 heterocycles. The zero-order valence-corrected chi connectivity index (χ0v) is 16.7. The Morgan fingerprint density at radius 2 is 1.86 bits per heavy atom. The van der Waals surface area contributed by atoms with Gasteiger partial charge in [0.05, 0.1) is 12.5 Å². The minimum absolute atomic E-state index is 0.0689. The maximum Gasteiger partial charge on any atom is 0.227 e. The van der Waals surface area contributed by atoms with Crippen LogP contribution in [0.15, 0.2) is 36.7 Å². The highest BCUT2D eigenvalue weighted by Crippen LogP contribution is 2.29. The molecule has 2 atom stereocenters. The molecule has 3 aromatic rings. The van der Waals surface area contributed by atoms with Crippen LogP contribution in [-0.2, 0) is 17.6 Å². The molecular formula is C23H27N3O2. The summed E-state index contributed by atoms with van der Waals surface area (Å²) in [5, 5.41) is 11.7. The Balaban J connectivity index is 1.51. The molecule has 0 unspecified atom stereocenters. The van der Waals surface area contributed by atoms with E-state index >= 15 is 0 Å². The molecule has 0 saturated carbocycles. The lowest BCUT2D eigenvalue weighted by atomic mass is 9.97. The van der Waals surface area contributed by atoms with E-state index in [9.17, 15) is 9.90 Å². The van der Waals surface area contributed by atoms with Crippen molar-refractivity contribution in [3.8, 4) is 0 Å². The molecule has 2 aromatic heterocycles. The van der Waals surface area contributed by atoms with Gasteiger partial charge in [-0.2, -0.15) is 0 Å². The number of aromatic amines is 1. The van der Waals surface area contributed by atoms with Crippen LogP contribution in [-0.4, -0.2) is 45.1 Å². The predicted octanol–water partition coefficient (Wildman–Crippen LogP) is 3.09. The van der Waals surface area contributed by atoms with E-state index in [1.54, 1.807) is 12.4 Å². The summed E-state index contributed by atoms with van der Waals surface area (Å²) in [6.45, 7) is 7.22.